The maximum Gasteiger partial charge on any atom is 0.337 e. The van der Waals surface area contributed by atoms with Crippen molar-refractivity contribution in [3.8, 4) is 0 Å². The minimum Gasteiger partial charge on any atom is -0.478 e. The fourth-order valence-corrected chi connectivity index (χ4v) is 5.52. The molecule has 1 aliphatic heterocycles. The molecule has 6 nitrogen and oxygen atoms in total. The zero-order valence-corrected chi connectivity index (χ0v) is 16.7. The molecule has 2 rings (SSSR count). The van der Waals surface area contributed by atoms with Crippen molar-refractivity contribution in [2.45, 2.75) is 56.1 Å². The number of nitrogens with zero attached hydrogens (tertiary/aromatic N) is 2. The summed E-state index contributed by atoms with van der Waals surface area (Å²) < 4.78 is 25.8. The van der Waals surface area contributed by atoms with Crippen LogP contribution in [0.4, 0.5) is 0 Å². The highest BCUT2D eigenvalue weighted by Gasteiger charge is 2.51. The van der Waals surface area contributed by atoms with Crippen molar-refractivity contribution in [1.29, 1.82) is 0 Å². The molecule has 0 spiro atoms. The van der Waals surface area contributed by atoms with Gasteiger partial charge >= 0.3 is 5.97 Å². The first-order valence-electron chi connectivity index (χ1n) is 9.21. The van der Waals surface area contributed by atoms with Gasteiger partial charge in [-0.2, -0.15) is 4.31 Å². The van der Waals surface area contributed by atoms with Crippen LogP contribution >= 0.6 is 11.6 Å². The number of hydrogen-bond donors (Lipinski definition) is 1. The minimum absolute atomic E-state index is 0.0729. The number of piperidine rings is 1. The van der Waals surface area contributed by atoms with Gasteiger partial charge in [0.1, 0.15) is 0 Å². The monoisotopic (exact) mass is 402 g/mol. The summed E-state index contributed by atoms with van der Waals surface area (Å²) in [5, 5.41) is 9.51. The minimum atomic E-state index is -3.97. The van der Waals surface area contributed by atoms with Crippen LogP contribution in [0.2, 0.25) is 0 Å². The van der Waals surface area contributed by atoms with Crippen LogP contribution in [0, 0.1) is 0 Å². The van der Waals surface area contributed by atoms with Crippen molar-refractivity contribution < 1.29 is 18.3 Å². The van der Waals surface area contributed by atoms with Crippen LogP contribution in [0.25, 0.3) is 0 Å². The maximum absolute atomic E-state index is 13.2. The quantitative estimate of drug-likeness (QED) is 0.498. The van der Waals surface area contributed by atoms with Gasteiger partial charge in [-0.1, -0.05) is 50.3 Å². The Morgan fingerprint density at radius 3 is 2.58 bits per heavy atom. The summed E-state index contributed by atoms with van der Waals surface area (Å²) in [6.45, 7) is 3.26. The van der Waals surface area contributed by atoms with Crippen molar-refractivity contribution in [2.24, 2.45) is 4.99 Å². The van der Waals surface area contributed by atoms with E-state index in [-0.39, 0.29) is 11.3 Å². The number of sulfonamides is 1. The Morgan fingerprint density at radius 1 is 1.27 bits per heavy atom. The first-order chi connectivity index (χ1) is 12.3. The van der Waals surface area contributed by atoms with E-state index in [0.717, 1.165) is 44.9 Å². The van der Waals surface area contributed by atoms with Gasteiger partial charge in [-0.15, -0.1) is 0 Å². The summed E-state index contributed by atoms with van der Waals surface area (Å²) in [4.78, 5) is 16.0. The molecule has 0 aromatic rings. The summed E-state index contributed by atoms with van der Waals surface area (Å²) in [7, 11) is -3.97. The molecule has 1 heterocycles. The predicted molar refractivity (Wildman–Crippen MR) is 104 cm³/mol. The van der Waals surface area contributed by atoms with Gasteiger partial charge in [0.15, 0.2) is 0 Å². The van der Waals surface area contributed by atoms with Gasteiger partial charge in [0, 0.05) is 19.6 Å². The molecular formula is C18H27ClN2O4S. The number of carbonyl (C=O) groups is 1. The molecule has 1 unspecified atom stereocenters. The van der Waals surface area contributed by atoms with Crippen molar-refractivity contribution in [3.05, 3.63) is 23.8 Å². The summed E-state index contributed by atoms with van der Waals surface area (Å²) >= 11 is 6.59. The molecule has 0 bridgehead atoms. The van der Waals surface area contributed by atoms with E-state index < -0.39 is 20.2 Å². The first-order valence-corrected chi connectivity index (χ1v) is 11.0. The van der Waals surface area contributed by atoms with Gasteiger partial charge in [-0.25, -0.2) is 13.2 Å². The van der Waals surface area contributed by atoms with E-state index in [9.17, 15) is 18.3 Å². The molecule has 146 valence electrons. The number of alkyl halides is 1. The summed E-state index contributed by atoms with van der Waals surface area (Å²) in [6.07, 6.45) is 10.5. The van der Waals surface area contributed by atoms with Crippen LogP contribution in [0.15, 0.2) is 28.8 Å². The van der Waals surface area contributed by atoms with E-state index in [1.54, 1.807) is 0 Å². The highest BCUT2D eigenvalue weighted by Crippen LogP contribution is 2.36. The molecule has 0 amide bonds. The molecule has 2 aliphatic rings. The molecule has 0 aromatic carbocycles. The Kier molecular flexibility index (Phi) is 7.43. The molecule has 1 fully saturated rings. The third kappa shape index (κ3) is 4.38. The molecular weight excluding hydrogens is 376 g/mol. The van der Waals surface area contributed by atoms with E-state index in [4.69, 9.17) is 11.6 Å². The van der Waals surface area contributed by atoms with Crippen molar-refractivity contribution in [1.82, 2.24) is 4.31 Å². The first kappa shape index (κ1) is 21.1. The van der Waals surface area contributed by atoms with Crippen LogP contribution in [-0.4, -0.2) is 53.4 Å². The average Bonchev–Trinajstić information content (AvgIpc) is 2.63. The largest absolute Gasteiger partial charge is 0.478 e. The number of halogens is 1. The summed E-state index contributed by atoms with van der Waals surface area (Å²) in [6, 6.07) is 0. The van der Waals surface area contributed by atoms with Crippen LogP contribution in [0.5, 0.6) is 0 Å². The summed E-state index contributed by atoms with van der Waals surface area (Å²) in [5.41, 5.74) is -0.227. The van der Waals surface area contributed by atoms with Gasteiger partial charge in [0.2, 0.25) is 14.2 Å². The van der Waals surface area contributed by atoms with Crippen molar-refractivity contribution in [2.75, 3.05) is 19.6 Å². The highest BCUT2D eigenvalue weighted by atomic mass is 35.5. The number of allylic oxidation sites excluding steroid dienone is 2. The normalized spacial score (nSPS) is 26.1. The molecule has 0 radical (unpaired) electrons. The second-order valence-electron chi connectivity index (χ2n) is 6.65. The molecule has 1 atom stereocenters. The second-order valence-corrected chi connectivity index (χ2v) is 9.58. The predicted octanol–water partition coefficient (Wildman–Crippen LogP) is 3.34. The number of carboxylic acid groups (broad SMARTS) is 1. The van der Waals surface area contributed by atoms with Crippen LogP contribution in [0.1, 0.15) is 51.9 Å². The van der Waals surface area contributed by atoms with E-state index in [1.807, 2.05) is 0 Å². The molecule has 8 heteroatoms. The number of hydrogen-bond acceptors (Lipinski definition) is 4. The second kappa shape index (κ2) is 9.15. The molecule has 1 aliphatic carbocycles. The Morgan fingerprint density at radius 2 is 1.96 bits per heavy atom. The lowest BCUT2D eigenvalue weighted by atomic mass is 10.0. The molecule has 1 saturated heterocycles. The van der Waals surface area contributed by atoms with Crippen molar-refractivity contribution in [3.63, 3.8) is 0 Å². The number of aliphatic carboxylic acids is 1. The SMILES string of the molecule is CCCCCCN=C1C(C(=O)O)=CC=CC1(Cl)S(=O)(=O)N1CCCCC1. The molecule has 26 heavy (non-hydrogen) atoms. The lowest BCUT2D eigenvalue weighted by Gasteiger charge is -2.35. The van der Waals surface area contributed by atoms with Crippen molar-refractivity contribution >= 4 is 33.3 Å². The van der Waals surface area contributed by atoms with E-state index in [1.165, 1.54) is 22.5 Å². The third-order valence-corrected chi connectivity index (χ3v) is 7.71. The Hall–Kier alpha value is -1.18. The van der Waals surface area contributed by atoms with Crippen LogP contribution < -0.4 is 0 Å². The smallest absolute Gasteiger partial charge is 0.337 e. The lowest BCUT2D eigenvalue weighted by molar-refractivity contribution is -0.132. The fourth-order valence-electron chi connectivity index (χ4n) is 3.21. The zero-order valence-electron chi connectivity index (χ0n) is 15.2. The third-order valence-electron chi connectivity index (χ3n) is 4.69. The molecule has 1 N–H and O–H groups in total. The number of rotatable bonds is 8. The number of unbranched alkanes of at least 4 members (excludes halogenated alkanes) is 3. The fraction of sp³-hybridized carbons (Fsp3) is 0.667. The Labute approximate surface area is 160 Å². The Bertz CT molecular complexity index is 709. The van der Waals surface area contributed by atoms with Gasteiger partial charge in [-0.05, 0) is 31.4 Å². The van der Waals surface area contributed by atoms with Crippen LogP contribution in [-0.2, 0) is 14.8 Å². The molecule has 0 saturated carbocycles. The van der Waals surface area contributed by atoms with Crippen LogP contribution in [0.3, 0.4) is 0 Å². The van der Waals surface area contributed by atoms with Gasteiger partial charge in [-0.3, -0.25) is 4.99 Å². The van der Waals surface area contributed by atoms with E-state index >= 15 is 0 Å². The summed E-state index contributed by atoms with van der Waals surface area (Å²) in [5.74, 6) is -1.22. The number of aliphatic imine (C=N–C) groups is 1. The highest BCUT2D eigenvalue weighted by molar-refractivity contribution is 7.93. The van der Waals surface area contributed by atoms with Gasteiger partial charge < -0.3 is 5.11 Å². The average molecular weight is 403 g/mol. The maximum atomic E-state index is 13.2. The topological polar surface area (TPSA) is 87.0 Å². The standard InChI is InChI=1S/C18H27ClN2O4S/c1-2-3-4-6-12-20-16-15(17(22)23)10-9-11-18(16,19)26(24,25)21-13-7-5-8-14-21/h9-11H,2-8,12-14H2,1H3,(H,22,23). The molecule has 0 aromatic heterocycles. The number of carboxylic acids is 1. The zero-order chi connectivity index (χ0) is 19.2. The van der Waals surface area contributed by atoms with E-state index in [0.29, 0.717) is 19.6 Å². The van der Waals surface area contributed by atoms with Gasteiger partial charge in [0.25, 0.3) is 0 Å². The van der Waals surface area contributed by atoms with E-state index in [2.05, 4.69) is 11.9 Å². The van der Waals surface area contributed by atoms with Gasteiger partial charge in [0.05, 0.1) is 11.3 Å². The lowest BCUT2D eigenvalue weighted by Crippen LogP contribution is -2.52. The Balaban J connectivity index is 2.35.